The summed E-state index contributed by atoms with van der Waals surface area (Å²) in [6, 6.07) is 0. The second-order valence-electron chi connectivity index (χ2n) is 7.37. The van der Waals surface area contributed by atoms with Gasteiger partial charge in [-0.2, -0.15) is 0 Å². The molecule has 128 valence electrons. The molecule has 2 atom stereocenters. The van der Waals surface area contributed by atoms with E-state index in [1.54, 1.807) is 0 Å². The van der Waals surface area contributed by atoms with Gasteiger partial charge in [-0.3, -0.25) is 9.80 Å². The molecule has 21 heavy (non-hydrogen) atoms. The fraction of sp³-hybridized carbons (Fsp3) is 1.00. The Balaban J connectivity index is 3.91. The topological polar surface area (TPSA) is 15.7 Å². The molecule has 0 aliphatic carbocycles. The summed E-state index contributed by atoms with van der Waals surface area (Å²) in [5.74, 6) is 1.58. The lowest BCUT2D eigenvalue weighted by Crippen LogP contribution is -2.40. The van der Waals surface area contributed by atoms with Crippen LogP contribution in [0.2, 0.25) is 0 Å². The molecule has 3 nitrogen and oxygen atoms in total. The minimum Gasteiger partial charge on any atom is -0.345 e. The van der Waals surface area contributed by atoms with Crippen LogP contribution in [0.15, 0.2) is 0 Å². The Morgan fingerprint density at radius 3 is 1.29 bits per heavy atom. The van der Waals surface area contributed by atoms with Gasteiger partial charge in [0.05, 0.1) is 0 Å². The van der Waals surface area contributed by atoms with Gasteiger partial charge in [0.2, 0.25) is 0 Å². The summed E-state index contributed by atoms with van der Waals surface area (Å²) >= 11 is 0. The minimum absolute atomic E-state index is 0.180. The van der Waals surface area contributed by atoms with Crippen LogP contribution in [0.25, 0.3) is 0 Å². The average molecular weight is 301 g/mol. The molecule has 0 saturated heterocycles. The molecule has 0 N–H and O–H groups in total. The van der Waals surface area contributed by atoms with Crippen molar-refractivity contribution in [2.45, 2.75) is 79.7 Å². The quantitative estimate of drug-likeness (QED) is 0.496. The molecule has 0 fully saturated rings. The highest BCUT2D eigenvalue weighted by Crippen LogP contribution is 2.11. The smallest absolute Gasteiger partial charge is 0.109 e. The van der Waals surface area contributed by atoms with E-state index in [1.807, 2.05) is 0 Å². The third kappa shape index (κ3) is 11.1. The van der Waals surface area contributed by atoms with Crippen molar-refractivity contribution in [3.8, 4) is 0 Å². The van der Waals surface area contributed by atoms with Gasteiger partial charge in [0.15, 0.2) is 0 Å². The van der Waals surface area contributed by atoms with E-state index >= 15 is 0 Å². The maximum absolute atomic E-state index is 6.14. The lowest BCUT2D eigenvalue weighted by molar-refractivity contribution is -0.127. The van der Waals surface area contributed by atoms with Crippen LogP contribution in [0.3, 0.4) is 0 Å². The molecular formula is C18H40N2O. The molecule has 0 bridgehead atoms. The molecule has 0 aromatic carbocycles. The first-order valence-corrected chi connectivity index (χ1v) is 8.80. The van der Waals surface area contributed by atoms with Crippen molar-refractivity contribution in [1.29, 1.82) is 0 Å². The van der Waals surface area contributed by atoms with Gasteiger partial charge in [0, 0.05) is 13.1 Å². The summed E-state index contributed by atoms with van der Waals surface area (Å²) in [6.07, 6.45) is 5.45. The van der Waals surface area contributed by atoms with Gasteiger partial charge in [0.25, 0.3) is 0 Å². The van der Waals surface area contributed by atoms with Crippen LogP contribution in [-0.4, -0.2) is 49.4 Å². The molecule has 0 aliphatic rings. The zero-order chi connectivity index (χ0) is 16.4. The highest BCUT2D eigenvalue weighted by atomic mass is 16.5. The van der Waals surface area contributed by atoms with Crippen molar-refractivity contribution in [3.63, 3.8) is 0 Å². The average Bonchev–Trinajstić information content (AvgIpc) is 2.37. The van der Waals surface area contributed by atoms with Crippen LogP contribution in [-0.2, 0) is 4.74 Å². The lowest BCUT2D eigenvalue weighted by Gasteiger charge is -2.32. The van der Waals surface area contributed by atoms with Gasteiger partial charge in [-0.1, -0.05) is 27.7 Å². The molecule has 0 aromatic heterocycles. The molecule has 0 aliphatic heterocycles. The normalized spacial score (nSPS) is 15.4. The Labute approximate surface area is 134 Å². The van der Waals surface area contributed by atoms with Crippen LogP contribution in [0.4, 0.5) is 0 Å². The van der Waals surface area contributed by atoms with Gasteiger partial charge in [-0.05, 0) is 65.5 Å². The van der Waals surface area contributed by atoms with Crippen LogP contribution < -0.4 is 0 Å². The number of rotatable bonds is 12. The molecule has 2 unspecified atom stereocenters. The van der Waals surface area contributed by atoms with Crippen molar-refractivity contribution in [2.24, 2.45) is 11.8 Å². The highest BCUT2D eigenvalue weighted by Gasteiger charge is 2.16. The van der Waals surface area contributed by atoms with Crippen molar-refractivity contribution in [3.05, 3.63) is 0 Å². The third-order valence-corrected chi connectivity index (χ3v) is 4.22. The summed E-state index contributed by atoms with van der Waals surface area (Å²) in [7, 11) is 4.33. The Morgan fingerprint density at radius 1 is 0.667 bits per heavy atom. The van der Waals surface area contributed by atoms with Crippen LogP contribution in [0, 0.1) is 11.8 Å². The second-order valence-corrected chi connectivity index (χ2v) is 7.37. The monoisotopic (exact) mass is 300 g/mol. The van der Waals surface area contributed by atoms with Gasteiger partial charge in [0.1, 0.15) is 12.5 Å². The zero-order valence-electron chi connectivity index (χ0n) is 15.9. The third-order valence-electron chi connectivity index (χ3n) is 4.22. The van der Waals surface area contributed by atoms with Gasteiger partial charge in [-0.15, -0.1) is 0 Å². The molecule has 0 saturated carbocycles. The van der Waals surface area contributed by atoms with Crippen LogP contribution in [0.1, 0.15) is 67.2 Å². The molecule has 0 radical (unpaired) electrons. The van der Waals surface area contributed by atoms with Crippen molar-refractivity contribution in [1.82, 2.24) is 9.80 Å². The molecule has 0 amide bonds. The number of hydrogen-bond donors (Lipinski definition) is 0. The maximum Gasteiger partial charge on any atom is 0.109 e. The highest BCUT2D eigenvalue weighted by molar-refractivity contribution is 4.60. The first kappa shape index (κ1) is 20.9. The standard InChI is InChI=1S/C18H40N2O/c1-15(2)11-9-13-19(7)17(5)21-18(6)20(8)14-10-12-16(3)4/h15-18H,9-14H2,1-8H3. The van der Waals surface area contributed by atoms with Crippen molar-refractivity contribution < 1.29 is 4.74 Å². The predicted octanol–water partition coefficient (Wildman–Crippen LogP) is 4.43. The largest absolute Gasteiger partial charge is 0.345 e. The minimum atomic E-state index is 0.180. The van der Waals surface area contributed by atoms with E-state index in [9.17, 15) is 0 Å². The Hall–Kier alpha value is -0.120. The number of nitrogens with zero attached hydrogens (tertiary/aromatic N) is 2. The van der Waals surface area contributed by atoms with Gasteiger partial charge < -0.3 is 4.74 Å². The van der Waals surface area contributed by atoms with E-state index in [2.05, 4.69) is 65.4 Å². The lowest BCUT2D eigenvalue weighted by atomic mass is 10.1. The number of ether oxygens (including phenoxy) is 1. The second kappa shape index (κ2) is 11.4. The molecule has 0 aromatic rings. The first-order valence-electron chi connectivity index (χ1n) is 8.80. The first-order chi connectivity index (χ1) is 9.73. The van der Waals surface area contributed by atoms with E-state index in [1.165, 1.54) is 25.7 Å². The van der Waals surface area contributed by atoms with Crippen LogP contribution in [0.5, 0.6) is 0 Å². The van der Waals surface area contributed by atoms with E-state index in [4.69, 9.17) is 4.74 Å². The van der Waals surface area contributed by atoms with E-state index in [0.717, 1.165) is 24.9 Å². The van der Waals surface area contributed by atoms with E-state index < -0.39 is 0 Å². The van der Waals surface area contributed by atoms with E-state index in [0.29, 0.717) is 0 Å². The summed E-state index contributed by atoms with van der Waals surface area (Å²) < 4.78 is 6.14. The fourth-order valence-electron chi connectivity index (χ4n) is 2.35. The Morgan fingerprint density at radius 2 is 1.00 bits per heavy atom. The predicted molar refractivity (Wildman–Crippen MR) is 93.4 cm³/mol. The molecule has 0 heterocycles. The summed E-state index contributed by atoms with van der Waals surface area (Å²) in [6.45, 7) is 15.7. The van der Waals surface area contributed by atoms with Crippen LogP contribution >= 0.6 is 0 Å². The van der Waals surface area contributed by atoms with Crippen molar-refractivity contribution in [2.75, 3.05) is 27.2 Å². The molecular weight excluding hydrogens is 260 g/mol. The van der Waals surface area contributed by atoms with E-state index in [-0.39, 0.29) is 12.5 Å². The molecule has 0 rings (SSSR count). The summed E-state index contributed by atoms with van der Waals surface area (Å²) in [4.78, 5) is 4.64. The maximum atomic E-state index is 6.14. The molecule has 3 heteroatoms. The molecule has 0 spiro atoms. The Kier molecular flexibility index (Phi) is 11.4. The van der Waals surface area contributed by atoms with Crippen molar-refractivity contribution >= 4 is 0 Å². The summed E-state index contributed by atoms with van der Waals surface area (Å²) in [5.41, 5.74) is 0. The zero-order valence-corrected chi connectivity index (χ0v) is 15.9. The fourth-order valence-corrected chi connectivity index (χ4v) is 2.35. The Bertz CT molecular complexity index is 219. The number of hydrogen-bond acceptors (Lipinski definition) is 3. The SMILES string of the molecule is CC(C)CCCN(C)C(C)OC(C)N(C)CCCC(C)C. The summed E-state index contributed by atoms with van der Waals surface area (Å²) in [5, 5.41) is 0. The van der Waals surface area contributed by atoms with Gasteiger partial charge in [-0.25, -0.2) is 0 Å². The van der Waals surface area contributed by atoms with Gasteiger partial charge >= 0.3 is 0 Å².